The number of carbonyl (C=O) groups is 1. The molecule has 0 radical (unpaired) electrons. The molecule has 0 saturated carbocycles. The third kappa shape index (κ3) is 4.98. The van der Waals surface area contributed by atoms with Gasteiger partial charge in [0.15, 0.2) is 5.69 Å². The van der Waals surface area contributed by atoms with Gasteiger partial charge in [-0.3, -0.25) is 4.79 Å². The smallest absolute Gasteiger partial charge is 0.310 e. The minimum absolute atomic E-state index is 0.142. The number of benzene rings is 3. The van der Waals surface area contributed by atoms with Crippen molar-refractivity contribution < 1.29 is 23.1 Å². The van der Waals surface area contributed by atoms with Crippen molar-refractivity contribution in [2.45, 2.75) is 26.9 Å². The molecule has 0 aliphatic rings. The van der Waals surface area contributed by atoms with E-state index in [0.717, 1.165) is 50.1 Å². The number of nitrogens with zero attached hydrogens (tertiary/aromatic N) is 1. The summed E-state index contributed by atoms with van der Waals surface area (Å²) >= 11 is 0. The van der Waals surface area contributed by atoms with E-state index < -0.39 is 0 Å². The second kappa shape index (κ2) is 10.5. The highest BCUT2D eigenvalue weighted by Gasteiger charge is 2.19. The standard InChI is InChI=1S/C31H25NO5/c1-4-35-29(33)17-23-8-5-6-11-28(23)36-18-21-14-26(22-9-7-10-25(16-22)32-3)31-27(15-21)30(20(2)37-31)24-12-13-34-19-24/h5-16,19H,4,17-18H2,1-2H3. The Kier molecular flexibility index (Phi) is 6.78. The van der Waals surface area contributed by atoms with Gasteiger partial charge in [0.1, 0.15) is 23.7 Å². The van der Waals surface area contributed by atoms with Crippen LogP contribution in [0.1, 0.15) is 23.8 Å². The van der Waals surface area contributed by atoms with Crippen molar-refractivity contribution in [3.8, 4) is 28.0 Å². The second-order valence-electron chi connectivity index (χ2n) is 8.61. The van der Waals surface area contributed by atoms with Crippen molar-refractivity contribution >= 4 is 22.6 Å². The molecule has 37 heavy (non-hydrogen) atoms. The van der Waals surface area contributed by atoms with Gasteiger partial charge in [0.05, 0.1) is 32.1 Å². The minimum Gasteiger partial charge on any atom is -0.489 e. The van der Waals surface area contributed by atoms with E-state index in [1.807, 2.05) is 61.5 Å². The number of para-hydroxylation sites is 1. The first-order valence-corrected chi connectivity index (χ1v) is 12.0. The van der Waals surface area contributed by atoms with E-state index >= 15 is 0 Å². The summed E-state index contributed by atoms with van der Waals surface area (Å²) in [4.78, 5) is 15.7. The van der Waals surface area contributed by atoms with Crippen LogP contribution >= 0.6 is 0 Å². The van der Waals surface area contributed by atoms with Crippen LogP contribution in [0.4, 0.5) is 5.69 Å². The van der Waals surface area contributed by atoms with Gasteiger partial charge in [0.25, 0.3) is 0 Å². The Morgan fingerprint density at radius 2 is 1.89 bits per heavy atom. The Balaban J connectivity index is 1.57. The van der Waals surface area contributed by atoms with Gasteiger partial charge in [0.2, 0.25) is 0 Å². The fourth-order valence-corrected chi connectivity index (χ4v) is 4.50. The number of esters is 1. The summed E-state index contributed by atoms with van der Waals surface area (Å²) in [6.07, 6.45) is 3.48. The Bertz CT molecular complexity index is 1600. The van der Waals surface area contributed by atoms with Crippen LogP contribution in [0.15, 0.2) is 88.1 Å². The molecule has 0 spiro atoms. The number of aryl methyl sites for hydroxylation is 1. The second-order valence-corrected chi connectivity index (χ2v) is 8.61. The fraction of sp³-hybridized carbons (Fsp3) is 0.161. The molecule has 0 bridgehead atoms. The van der Waals surface area contributed by atoms with Crippen LogP contribution in [0.5, 0.6) is 5.75 Å². The third-order valence-electron chi connectivity index (χ3n) is 6.13. The average molecular weight is 492 g/mol. The average Bonchev–Trinajstić information content (AvgIpc) is 3.55. The molecule has 5 aromatic rings. The lowest BCUT2D eigenvalue weighted by atomic mass is 9.97. The largest absolute Gasteiger partial charge is 0.489 e. The minimum atomic E-state index is -0.291. The molecule has 2 heterocycles. The van der Waals surface area contributed by atoms with Crippen molar-refractivity contribution in [3.05, 3.63) is 108 Å². The molecule has 0 amide bonds. The molecular weight excluding hydrogens is 466 g/mol. The molecule has 0 atom stereocenters. The first kappa shape index (κ1) is 24.0. The Morgan fingerprint density at radius 3 is 2.68 bits per heavy atom. The lowest BCUT2D eigenvalue weighted by molar-refractivity contribution is -0.142. The summed E-state index contributed by atoms with van der Waals surface area (Å²) in [7, 11) is 0. The van der Waals surface area contributed by atoms with Gasteiger partial charge >= 0.3 is 5.97 Å². The van der Waals surface area contributed by atoms with Crippen LogP contribution in [-0.4, -0.2) is 12.6 Å². The van der Waals surface area contributed by atoms with Gasteiger partial charge in [-0.25, -0.2) is 4.85 Å². The van der Waals surface area contributed by atoms with Crippen LogP contribution in [0.2, 0.25) is 0 Å². The number of carbonyl (C=O) groups excluding carboxylic acids is 1. The normalized spacial score (nSPS) is 10.8. The molecule has 0 unspecified atom stereocenters. The van der Waals surface area contributed by atoms with Crippen molar-refractivity contribution in [1.82, 2.24) is 0 Å². The Hall–Kier alpha value is -4.76. The molecule has 2 aromatic heterocycles. The number of fused-ring (bicyclic) bond motifs is 1. The lowest BCUT2D eigenvalue weighted by Gasteiger charge is -2.13. The van der Waals surface area contributed by atoms with E-state index in [2.05, 4.69) is 10.9 Å². The SMILES string of the molecule is [C-]#[N+]c1cccc(-c2cc(COc3ccccc3CC(=O)OCC)cc3c(-c4ccoc4)c(C)oc23)c1. The van der Waals surface area contributed by atoms with Crippen LogP contribution in [0.25, 0.3) is 38.1 Å². The first-order chi connectivity index (χ1) is 18.1. The molecular formula is C31H25NO5. The number of rotatable bonds is 8. The summed E-state index contributed by atoms with van der Waals surface area (Å²) in [5.41, 5.74) is 6.62. The third-order valence-corrected chi connectivity index (χ3v) is 6.13. The van der Waals surface area contributed by atoms with E-state index in [9.17, 15) is 4.79 Å². The van der Waals surface area contributed by atoms with E-state index in [-0.39, 0.29) is 19.0 Å². The molecule has 6 nitrogen and oxygen atoms in total. The van der Waals surface area contributed by atoms with Crippen molar-refractivity contribution in [2.24, 2.45) is 0 Å². The van der Waals surface area contributed by atoms with Crippen molar-refractivity contribution in [2.75, 3.05) is 6.61 Å². The molecule has 0 aliphatic carbocycles. The molecule has 0 fully saturated rings. The highest BCUT2D eigenvalue weighted by atomic mass is 16.5. The van der Waals surface area contributed by atoms with Gasteiger partial charge < -0.3 is 18.3 Å². The van der Waals surface area contributed by atoms with Crippen LogP contribution < -0.4 is 4.74 Å². The van der Waals surface area contributed by atoms with E-state index in [1.165, 1.54) is 0 Å². The monoisotopic (exact) mass is 491 g/mol. The van der Waals surface area contributed by atoms with Crippen molar-refractivity contribution in [3.63, 3.8) is 0 Å². The predicted molar refractivity (Wildman–Crippen MR) is 141 cm³/mol. The lowest BCUT2D eigenvalue weighted by Crippen LogP contribution is -2.09. The fourth-order valence-electron chi connectivity index (χ4n) is 4.50. The Morgan fingerprint density at radius 1 is 1.03 bits per heavy atom. The van der Waals surface area contributed by atoms with Gasteiger partial charge in [-0.1, -0.05) is 36.4 Å². The highest BCUT2D eigenvalue weighted by molar-refractivity contribution is 6.03. The number of hydrogen-bond donors (Lipinski definition) is 0. The zero-order valence-electron chi connectivity index (χ0n) is 20.6. The summed E-state index contributed by atoms with van der Waals surface area (Å²) in [6, 6.07) is 21.0. The quantitative estimate of drug-likeness (QED) is 0.163. The topological polar surface area (TPSA) is 66.2 Å². The molecule has 6 heteroatoms. The molecule has 0 aliphatic heterocycles. The summed E-state index contributed by atoms with van der Waals surface area (Å²) < 4.78 is 23.0. The zero-order chi connectivity index (χ0) is 25.8. The molecule has 0 saturated heterocycles. The van der Waals surface area contributed by atoms with Crippen LogP contribution in [-0.2, 0) is 22.6 Å². The van der Waals surface area contributed by atoms with Gasteiger partial charge in [-0.15, -0.1) is 0 Å². The molecule has 5 rings (SSSR count). The van der Waals surface area contributed by atoms with Crippen molar-refractivity contribution in [1.29, 1.82) is 0 Å². The maximum absolute atomic E-state index is 12.1. The number of hydrogen-bond acceptors (Lipinski definition) is 5. The predicted octanol–water partition coefficient (Wildman–Crippen LogP) is 7.90. The summed E-state index contributed by atoms with van der Waals surface area (Å²) in [6.45, 7) is 11.8. The molecule has 0 N–H and O–H groups in total. The van der Waals surface area contributed by atoms with Crippen LogP contribution in [0.3, 0.4) is 0 Å². The summed E-state index contributed by atoms with van der Waals surface area (Å²) in [5, 5.41) is 0.933. The van der Waals surface area contributed by atoms with Gasteiger partial charge in [0, 0.05) is 27.6 Å². The van der Waals surface area contributed by atoms with Crippen LogP contribution in [0, 0.1) is 13.5 Å². The molecule has 3 aromatic carbocycles. The van der Waals surface area contributed by atoms with E-state index in [4.69, 9.17) is 24.9 Å². The molecule has 184 valence electrons. The first-order valence-electron chi connectivity index (χ1n) is 12.0. The van der Waals surface area contributed by atoms with E-state index in [0.29, 0.717) is 18.0 Å². The summed E-state index contributed by atoms with van der Waals surface area (Å²) in [5.74, 6) is 1.11. The van der Waals surface area contributed by atoms with Gasteiger partial charge in [-0.05, 0) is 55.3 Å². The highest BCUT2D eigenvalue weighted by Crippen LogP contribution is 2.41. The van der Waals surface area contributed by atoms with E-state index in [1.54, 1.807) is 25.5 Å². The Labute approximate surface area is 214 Å². The zero-order valence-corrected chi connectivity index (χ0v) is 20.6. The van der Waals surface area contributed by atoms with Gasteiger partial charge in [-0.2, -0.15) is 0 Å². The number of furan rings is 2. The number of ether oxygens (including phenoxy) is 2. The maximum atomic E-state index is 12.1. The maximum Gasteiger partial charge on any atom is 0.310 e.